The molecule has 0 bridgehead atoms. The van der Waals surface area contributed by atoms with Gasteiger partial charge in [0.15, 0.2) is 0 Å². The van der Waals surface area contributed by atoms with Crippen molar-refractivity contribution in [1.82, 2.24) is 9.36 Å². The zero-order valence-electron chi connectivity index (χ0n) is 11.7. The number of hydrogen-bond acceptors (Lipinski definition) is 6. The number of carbonyl (C=O) groups is 1. The molecule has 1 atom stereocenters. The van der Waals surface area contributed by atoms with Crippen molar-refractivity contribution in [2.75, 3.05) is 11.9 Å². The number of nitrogens with one attached hydrogen (secondary N) is 1. The van der Waals surface area contributed by atoms with Crippen molar-refractivity contribution in [3.8, 4) is 0 Å². The van der Waals surface area contributed by atoms with E-state index in [1.165, 1.54) is 11.5 Å². The van der Waals surface area contributed by atoms with Crippen molar-refractivity contribution in [2.24, 2.45) is 0 Å². The van der Waals surface area contributed by atoms with Crippen LogP contribution in [0.3, 0.4) is 0 Å². The van der Waals surface area contributed by atoms with E-state index in [0.717, 1.165) is 10.7 Å². The van der Waals surface area contributed by atoms with Gasteiger partial charge in [0.25, 0.3) is 0 Å². The Morgan fingerprint density at radius 1 is 1.50 bits per heavy atom. The predicted octanol–water partition coefficient (Wildman–Crippen LogP) is 3.20. The van der Waals surface area contributed by atoms with Crippen molar-refractivity contribution in [3.05, 3.63) is 41.3 Å². The fraction of sp³-hybridized carbons (Fsp3) is 0.357. The highest BCUT2D eigenvalue weighted by Gasteiger charge is 2.21. The monoisotopic (exact) mass is 291 g/mol. The predicted molar refractivity (Wildman–Crippen MR) is 79.1 cm³/mol. The van der Waals surface area contributed by atoms with Gasteiger partial charge in [0.05, 0.1) is 24.0 Å². The molecule has 106 valence electrons. The van der Waals surface area contributed by atoms with Gasteiger partial charge in [-0.1, -0.05) is 6.07 Å². The molecule has 20 heavy (non-hydrogen) atoms. The van der Waals surface area contributed by atoms with Gasteiger partial charge >= 0.3 is 5.97 Å². The van der Waals surface area contributed by atoms with Gasteiger partial charge in [-0.15, -0.1) is 0 Å². The van der Waals surface area contributed by atoms with Crippen molar-refractivity contribution in [3.63, 3.8) is 0 Å². The minimum absolute atomic E-state index is 0.00998. The smallest absolute Gasteiger partial charge is 0.343 e. The van der Waals surface area contributed by atoms with Crippen molar-refractivity contribution < 1.29 is 9.53 Å². The highest BCUT2D eigenvalue weighted by molar-refractivity contribution is 7.10. The number of esters is 1. The lowest BCUT2D eigenvalue weighted by Gasteiger charge is -2.14. The third-order valence-electron chi connectivity index (χ3n) is 2.82. The van der Waals surface area contributed by atoms with E-state index >= 15 is 0 Å². The van der Waals surface area contributed by atoms with Crippen LogP contribution in [-0.2, 0) is 4.74 Å². The minimum Gasteiger partial charge on any atom is -0.462 e. The Bertz CT molecular complexity index is 583. The molecule has 0 radical (unpaired) electrons. The number of anilines is 1. The number of rotatable bonds is 5. The molecule has 0 aliphatic heterocycles. The molecule has 2 rings (SSSR count). The van der Waals surface area contributed by atoms with E-state index in [1.807, 2.05) is 25.1 Å². The molecule has 6 heteroatoms. The lowest BCUT2D eigenvalue weighted by Crippen LogP contribution is -2.12. The first-order chi connectivity index (χ1) is 9.63. The van der Waals surface area contributed by atoms with Crippen molar-refractivity contribution in [2.45, 2.75) is 26.8 Å². The topological polar surface area (TPSA) is 64.1 Å². The maximum Gasteiger partial charge on any atom is 0.343 e. The molecule has 2 heterocycles. The van der Waals surface area contributed by atoms with E-state index < -0.39 is 0 Å². The first-order valence-corrected chi connectivity index (χ1v) is 7.21. The summed E-state index contributed by atoms with van der Waals surface area (Å²) in [7, 11) is 0. The normalized spacial score (nSPS) is 11.9. The summed E-state index contributed by atoms with van der Waals surface area (Å²) in [6, 6.07) is 5.74. The summed E-state index contributed by atoms with van der Waals surface area (Å²) in [5, 5.41) is 4.00. The quantitative estimate of drug-likeness (QED) is 0.857. The van der Waals surface area contributed by atoms with E-state index in [4.69, 9.17) is 4.74 Å². The largest absolute Gasteiger partial charge is 0.462 e. The van der Waals surface area contributed by atoms with Crippen LogP contribution in [0.25, 0.3) is 0 Å². The molecular formula is C14H17N3O2S. The third kappa shape index (κ3) is 3.14. The Morgan fingerprint density at radius 3 is 2.95 bits per heavy atom. The maximum atomic E-state index is 12.0. The number of aromatic nitrogens is 2. The van der Waals surface area contributed by atoms with Gasteiger partial charge in [-0.05, 0) is 44.4 Å². The van der Waals surface area contributed by atoms with Crippen LogP contribution in [0, 0.1) is 6.92 Å². The molecule has 2 aromatic rings. The minimum atomic E-state index is -0.338. The van der Waals surface area contributed by atoms with Crippen LogP contribution < -0.4 is 5.32 Å². The first-order valence-electron chi connectivity index (χ1n) is 6.44. The Labute approximate surface area is 122 Å². The van der Waals surface area contributed by atoms with E-state index in [1.54, 1.807) is 20.0 Å². The molecule has 1 N–H and O–H groups in total. The van der Waals surface area contributed by atoms with Gasteiger partial charge in [0.2, 0.25) is 0 Å². The zero-order valence-corrected chi connectivity index (χ0v) is 12.5. The third-order valence-corrected chi connectivity index (χ3v) is 3.69. The van der Waals surface area contributed by atoms with Crippen molar-refractivity contribution in [1.29, 1.82) is 0 Å². The van der Waals surface area contributed by atoms with E-state index in [2.05, 4.69) is 14.7 Å². The van der Waals surface area contributed by atoms with Crippen LogP contribution in [0.1, 0.15) is 41.6 Å². The summed E-state index contributed by atoms with van der Waals surface area (Å²) in [5.74, 6) is -0.338. The van der Waals surface area contributed by atoms with Crippen LogP contribution in [0.5, 0.6) is 0 Å². The highest BCUT2D eigenvalue weighted by Crippen LogP contribution is 2.28. The molecule has 5 nitrogen and oxygen atoms in total. The number of hydrogen-bond donors (Lipinski definition) is 1. The molecule has 0 saturated carbocycles. The number of aryl methyl sites for hydroxylation is 1. The molecule has 0 fully saturated rings. The van der Waals surface area contributed by atoms with Gasteiger partial charge in [-0.25, -0.2) is 4.79 Å². The molecule has 2 aromatic heterocycles. The second kappa shape index (κ2) is 6.47. The lowest BCUT2D eigenvalue weighted by atomic mass is 10.2. The summed E-state index contributed by atoms with van der Waals surface area (Å²) in [4.78, 5) is 16.3. The number of pyridine rings is 1. The maximum absolute atomic E-state index is 12.0. The van der Waals surface area contributed by atoms with Gasteiger partial charge in [-0.3, -0.25) is 4.98 Å². The van der Waals surface area contributed by atoms with Crippen LogP contribution in [0.4, 0.5) is 5.00 Å². The second-order valence-corrected chi connectivity index (χ2v) is 5.09. The van der Waals surface area contributed by atoms with E-state index in [0.29, 0.717) is 17.9 Å². The Balaban J connectivity index is 2.20. The molecule has 0 saturated heterocycles. The SMILES string of the molecule is CCOC(=O)c1c(C)nsc1NC(C)c1ccccn1. The van der Waals surface area contributed by atoms with Crippen LogP contribution in [-0.4, -0.2) is 21.9 Å². The summed E-state index contributed by atoms with van der Waals surface area (Å²) in [6.07, 6.45) is 1.75. The summed E-state index contributed by atoms with van der Waals surface area (Å²) in [5.41, 5.74) is 2.11. The number of ether oxygens (including phenoxy) is 1. The summed E-state index contributed by atoms with van der Waals surface area (Å²) < 4.78 is 9.29. The molecule has 0 amide bonds. The zero-order chi connectivity index (χ0) is 14.5. The standard InChI is InChI=1S/C14H17N3O2S/c1-4-19-14(18)12-10(3)17-20-13(12)16-9(2)11-7-5-6-8-15-11/h5-9,16H,4H2,1-3H3. The van der Waals surface area contributed by atoms with Crippen LogP contribution in [0.2, 0.25) is 0 Å². The van der Waals surface area contributed by atoms with Gasteiger partial charge < -0.3 is 10.1 Å². The lowest BCUT2D eigenvalue weighted by molar-refractivity contribution is 0.0527. The Kier molecular flexibility index (Phi) is 4.68. The highest BCUT2D eigenvalue weighted by atomic mass is 32.1. The molecule has 0 aliphatic rings. The fourth-order valence-electron chi connectivity index (χ4n) is 1.81. The number of nitrogens with zero attached hydrogens (tertiary/aromatic N) is 2. The summed E-state index contributed by atoms with van der Waals surface area (Å²) in [6.45, 7) is 5.94. The molecule has 0 aromatic carbocycles. The van der Waals surface area contributed by atoms with Crippen molar-refractivity contribution >= 4 is 22.5 Å². The van der Waals surface area contributed by atoms with Gasteiger partial charge in [0.1, 0.15) is 10.6 Å². The molecule has 0 aliphatic carbocycles. The van der Waals surface area contributed by atoms with Crippen LogP contribution in [0.15, 0.2) is 24.4 Å². The summed E-state index contributed by atoms with van der Waals surface area (Å²) >= 11 is 1.26. The average molecular weight is 291 g/mol. The Hall–Kier alpha value is -1.95. The molecular weight excluding hydrogens is 274 g/mol. The number of carbonyl (C=O) groups excluding carboxylic acids is 1. The van der Waals surface area contributed by atoms with E-state index in [9.17, 15) is 4.79 Å². The Morgan fingerprint density at radius 2 is 2.30 bits per heavy atom. The van der Waals surface area contributed by atoms with E-state index in [-0.39, 0.29) is 12.0 Å². The first kappa shape index (κ1) is 14.5. The molecule has 0 spiro atoms. The average Bonchev–Trinajstić information content (AvgIpc) is 2.81. The van der Waals surface area contributed by atoms with Gasteiger partial charge in [-0.2, -0.15) is 4.37 Å². The molecule has 1 unspecified atom stereocenters. The second-order valence-electron chi connectivity index (χ2n) is 4.31. The fourth-order valence-corrected chi connectivity index (χ4v) is 2.69. The van der Waals surface area contributed by atoms with Gasteiger partial charge in [0, 0.05) is 6.20 Å². The van der Waals surface area contributed by atoms with Crippen LogP contribution >= 0.6 is 11.5 Å².